The van der Waals surface area contributed by atoms with Gasteiger partial charge in [-0.3, -0.25) is 4.79 Å². The molecular weight excluding hydrogens is 659 g/mol. The van der Waals surface area contributed by atoms with Gasteiger partial charge in [-0.1, -0.05) is 217 Å². The van der Waals surface area contributed by atoms with E-state index in [4.69, 9.17) is 0 Å². The molecule has 0 spiro atoms. The minimum atomic E-state index is -1.28. The summed E-state index contributed by atoms with van der Waals surface area (Å²) in [5.41, 5.74) is 0. The highest BCUT2D eigenvalue weighted by molar-refractivity contribution is 5.80. The van der Waals surface area contributed by atoms with Crippen molar-refractivity contribution in [3.8, 4) is 0 Å². The SMILES string of the molecule is C/C=C/CC/C=C/CCCC(O)C(O)C(CO)NC(=O)C(O)CCCCCCCCCCCCCCCCCCCCCCCCCCCCCCC. The Labute approximate surface area is 329 Å². The lowest BCUT2D eigenvalue weighted by Crippen LogP contribution is -2.53. The quantitative estimate of drug-likeness (QED) is 0.0315. The van der Waals surface area contributed by atoms with Crippen molar-refractivity contribution in [2.24, 2.45) is 0 Å². The first-order valence-corrected chi connectivity index (χ1v) is 23.2. The summed E-state index contributed by atoms with van der Waals surface area (Å²) < 4.78 is 0. The summed E-state index contributed by atoms with van der Waals surface area (Å²) in [6.07, 6.45) is 48.5. The number of amides is 1. The Kier molecular flexibility index (Phi) is 41.0. The van der Waals surface area contributed by atoms with Gasteiger partial charge in [0.15, 0.2) is 0 Å². The van der Waals surface area contributed by atoms with Gasteiger partial charge in [-0.2, -0.15) is 0 Å². The number of hydrogen-bond acceptors (Lipinski definition) is 5. The Hall–Kier alpha value is -1.21. The van der Waals surface area contributed by atoms with Crippen LogP contribution >= 0.6 is 0 Å². The lowest BCUT2D eigenvalue weighted by atomic mass is 10.00. The van der Waals surface area contributed by atoms with Crippen LogP contribution in [0.4, 0.5) is 0 Å². The third kappa shape index (κ3) is 36.2. The second-order valence-electron chi connectivity index (χ2n) is 16.1. The summed E-state index contributed by atoms with van der Waals surface area (Å²) in [4.78, 5) is 12.5. The average molecular weight is 750 g/mol. The van der Waals surface area contributed by atoms with Crippen LogP contribution in [0.5, 0.6) is 0 Å². The molecule has 0 fully saturated rings. The minimum absolute atomic E-state index is 0.364. The van der Waals surface area contributed by atoms with Gasteiger partial charge in [0.2, 0.25) is 5.91 Å². The van der Waals surface area contributed by atoms with Gasteiger partial charge in [0.05, 0.1) is 18.8 Å². The van der Waals surface area contributed by atoms with Crippen LogP contribution in [0.15, 0.2) is 24.3 Å². The van der Waals surface area contributed by atoms with Gasteiger partial charge in [-0.15, -0.1) is 0 Å². The summed E-state index contributed by atoms with van der Waals surface area (Å²) in [5, 5.41) is 43.4. The standard InChI is InChI=1S/C47H91NO5/c1-3-5-7-9-11-13-14-15-16-17-18-19-20-21-22-23-24-25-26-27-28-29-30-31-32-33-35-37-39-41-45(51)47(53)48-43(42-49)46(52)44(50)40-38-36-34-12-10-8-6-4-2/h4,6,12,34,43-46,49-52H,3,5,7-11,13-33,35-42H2,1-2H3,(H,48,53)/b6-4+,34-12+. The second kappa shape index (κ2) is 41.9. The van der Waals surface area contributed by atoms with Crippen molar-refractivity contribution < 1.29 is 25.2 Å². The highest BCUT2D eigenvalue weighted by atomic mass is 16.3. The van der Waals surface area contributed by atoms with E-state index in [-0.39, 0.29) is 0 Å². The molecule has 0 heterocycles. The highest BCUT2D eigenvalue weighted by Gasteiger charge is 2.28. The monoisotopic (exact) mass is 750 g/mol. The number of rotatable bonds is 42. The van der Waals surface area contributed by atoms with Crippen LogP contribution in [-0.2, 0) is 4.79 Å². The molecule has 0 aliphatic rings. The van der Waals surface area contributed by atoms with Crippen LogP contribution in [0.1, 0.15) is 239 Å². The number of hydrogen-bond donors (Lipinski definition) is 5. The number of allylic oxidation sites excluding steroid dienone is 4. The lowest BCUT2D eigenvalue weighted by molar-refractivity contribution is -0.132. The molecule has 0 aliphatic carbocycles. The molecule has 314 valence electrons. The van der Waals surface area contributed by atoms with E-state index in [0.29, 0.717) is 19.3 Å². The Balaban J connectivity index is 3.53. The van der Waals surface area contributed by atoms with Crippen molar-refractivity contribution in [2.75, 3.05) is 6.61 Å². The summed E-state index contributed by atoms with van der Waals surface area (Å²) in [7, 11) is 0. The molecule has 6 heteroatoms. The molecule has 0 saturated carbocycles. The number of carbonyl (C=O) groups excluding carboxylic acids is 1. The van der Waals surface area contributed by atoms with Crippen molar-refractivity contribution in [1.29, 1.82) is 0 Å². The summed E-state index contributed by atoms with van der Waals surface area (Å²) in [6.45, 7) is 3.80. The molecule has 6 nitrogen and oxygen atoms in total. The van der Waals surface area contributed by atoms with Crippen LogP contribution in [0.25, 0.3) is 0 Å². The number of aliphatic hydroxyl groups is 4. The van der Waals surface area contributed by atoms with Crippen molar-refractivity contribution in [3.05, 3.63) is 24.3 Å². The van der Waals surface area contributed by atoms with Gasteiger partial charge in [0, 0.05) is 0 Å². The van der Waals surface area contributed by atoms with Gasteiger partial charge < -0.3 is 25.7 Å². The zero-order valence-electron chi connectivity index (χ0n) is 35.3. The molecule has 0 aliphatic heterocycles. The minimum Gasteiger partial charge on any atom is -0.394 e. The maximum absolute atomic E-state index is 12.5. The van der Waals surface area contributed by atoms with Gasteiger partial charge in [0.1, 0.15) is 12.2 Å². The van der Waals surface area contributed by atoms with E-state index >= 15 is 0 Å². The molecule has 53 heavy (non-hydrogen) atoms. The molecule has 0 rings (SSSR count). The predicted octanol–water partition coefficient (Wildman–Crippen LogP) is 12.4. The van der Waals surface area contributed by atoms with E-state index in [1.807, 2.05) is 13.0 Å². The first kappa shape index (κ1) is 51.8. The van der Waals surface area contributed by atoms with Crippen LogP contribution in [0, 0.1) is 0 Å². The zero-order valence-corrected chi connectivity index (χ0v) is 35.3. The van der Waals surface area contributed by atoms with Gasteiger partial charge >= 0.3 is 0 Å². The van der Waals surface area contributed by atoms with Crippen molar-refractivity contribution in [2.45, 2.75) is 263 Å². The Morgan fingerprint density at radius 1 is 0.491 bits per heavy atom. The number of unbranched alkanes of at least 4 members (excludes halogenated alkanes) is 30. The van der Waals surface area contributed by atoms with E-state index in [1.165, 1.54) is 167 Å². The molecular formula is C47H91NO5. The lowest BCUT2D eigenvalue weighted by Gasteiger charge is -2.27. The van der Waals surface area contributed by atoms with Gasteiger partial charge in [-0.25, -0.2) is 0 Å². The summed E-state index contributed by atoms with van der Waals surface area (Å²) >= 11 is 0. The molecule has 0 aromatic carbocycles. The highest BCUT2D eigenvalue weighted by Crippen LogP contribution is 2.17. The van der Waals surface area contributed by atoms with E-state index < -0.39 is 36.9 Å². The fourth-order valence-corrected chi connectivity index (χ4v) is 7.31. The number of nitrogens with one attached hydrogen (secondary N) is 1. The molecule has 0 aromatic heterocycles. The van der Waals surface area contributed by atoms with Crippen LogP contribution in [-0.4, -0.2) is 57.3 Å². The maximum atomic E-state index is 12.5. The molecule has 5 N–H and O–H groups in total. The molecule has 0 bridgehead atoms. The molecule has 1 amide bonds. The van der Waals surface area contributed by atoms with Gasteiger partial charge in [-0.05, 0) is 45.4 Å². The Morgan fingerprint density at radius 2 is 0.849 bits per heavy atom. The normalized spacial score (nSPS) is 14.3. The topological polar surface area (TPSA) is 110 Å². The van der Waals surface area contributed by atoms with Crippen LogP contribution in [0.2, 0.25) is 0 Å². The molecule has 4 atom stereocenters. The van der Waals surface area contributed by atoms with Crippen molar-refractivity contribution in [1.82, 2.24) is 5.32 Å². The third-order valence-electron chi connectivity index (χ3n) is 11.0. The summed E-state index contributed by atoms with van der Waals surface area (Å²) in [5.74, 6) is -0.598. The Bertz CT molecular complexity index is 802. The Morgan fingerprint density at radius 3 is 1.23 bits per heavy atom. The summed E-state index contributed by atoms with van der Waals surface area (Å²) in [6, 6.07) is -1.00. The van der Waals surface area contributed by atoms with E-state index in [0.717, 1.165) is 38.5 Å². The smallest absolute Gasteiger partial charge is 0.249 e. The molecule has 0 radical (unpaired) electrons. The third-order valence-corrected chi connectivity index (χ3v) is 11.0. The number of carbonyl (C=O) groups is 1. The first-order chi connectivity index (χ1) is 26.0. The second-order valence-corrected chi connectivity index (χ2v) is 16.1. The van der Waals surface area contributed by atoms with Crippen molar-refractivity contribution in [3.63, 3.8) is 0 Å². The van der Waals surface area contributed by atoms with Gasteiger partial charge in [0.25, 0.3) is 0 Å². The van der Waals surface area contributed by atoms with E-state index in [2.05, 4.69) is 30.5 Å². The first-order valence-electron chi connectivity index (χ1n) is 23.2. The fraction of sp³-hybridized carbons (Fsp3) is 0.894. The fourth-order valence-electron chi connectivity index (χ4n) is 7.31. The molecule has 0 saturated heterocycles. The largest absolute Gasteiger partial charge is 0.394 e. The zero-order chi connectivity index (χ0) is 38.9. The molecule has 0 aromatic rings. The van der Waals surface area contributed by atoms with E-state index in [1.54, 1.807) is 0 Å². The predicted molar refractivity (Wildman–Crippen MR) is 228 cm³/mol. The average Bonchev–Trinajstić information content (AvgIpc) is 3.16. The maximum Gasteiger partial charge on any atom is 0.249 e. The number of aliphatic hydroxyl groups excluding tert-OH is 4. The van der Waals surface area contributed by atoms with E-state index in [9.17, 15) is 25.2 Å². The molecule has 4 unspecified atom stereocenters. The van der Waals surface area contributed by atoms with Crippen LogP contribution in [0.3, 0.4) is 0 Å². The van der Waals surface area contributed by atoms with Crippen molar-refractivity contribution >= 4 is 5.91 Å². The van der Waals surface area contributed by atoms with Crippen LogP contribution < -0.4 is 5.32 Å².